The van der Waals surface area contributed by atoms with Crippen molar-refractivity contribution in [3.05, 3.63) is 16.5 Å². The third-order valence-corrected chi connectivity index (χ3v) is 7.94. The van der Waals surface area contributed by atoms with E-state index in [0.717, 1.165) is 29.7 Å². The minimum Gasteiger partial charge on any atom is -0.375 e. The maximum absolute atomic E-state index is 13.0. The van der Waals surface area contributed by atoms with Gasteiger partial charge in [-0.3, -0.25) is 0 Å². The molecule has 1 N–H and O–H groups in total. The molecule has 0 amide bonds. The van der Waals surface area contributed by atoms with E-state index in [2.05, 4.69) is 5.32 Å². The van der Waals surface area contributed by atoms with Crippen LogP contribution in [0, 0.1) is 6.92 Å². The molecule has 118 valence electrons. The van der Waals surface area contributed by atoms with Crippen molar-refractivity contribution in [2.45, 2.75) is 49.1 Å². The van der Waals surface area contributed by atoms with E-state index in [9.17, 15) is 8.42 Å². The van der Waals surface area contributed by atoms with Gasteiger partial charge in [0.05, 0.1) is 18.8 Å². The summed E-state index contributed by atoms with van der Waals surface area (Å²) in [4.78, 5) is 1.09. The zero-order chi connectivity index (χ0) is 15.0. The minimum atomic E-state index is -3.39. The number of hydrogen-bond acceptors (Lipinski definition) is 5. The van der Waals surface area contributed by atoms with Crippen LogP contribution in [0.25, 0.3) is 0 Å². The van der Waals surface area contributed by atoms with Gasteiger partial charge in [0.1, 0.15) is 4.21 Å². The Bertz CT molecular complexity index is 612. The number of fused-ring (bicyclic) bond motifs is 1. The lowest BCUT2D eigenvalue weighted by Crippen LogP contribution is -2.50. The molecule has 3 rings (SSSR count). The van der Waals surface area contributed by atoms with Crippen LogP contribution in [-0.2, 0) is 21.3 Å². The second-order valence-corrected chi connectivity index (χ2v) is 8.98. The average molecular weight is 330 g/mol. The van der Waals surface area contributed by atoms with Crippen molar-refractivity contribution >= 4 is 21.4 Å². The molecule has 1 aliphatic heterocycles. The molecular formula is C14H22N2O3S2. The number of hydrogen-bond donors (Lipinski definition) is 1. The Morgan fingerprint density at radius 1 is 1.48 bits per heavy atom. The number of nitrogens with zero attached hydrogens (tertiary/aromatic N) is 1. The molecule has 0 spiro atoms. The lowest BCUT2D eigenvalue weighted by atomic mass is 10.2. The summed E-state index contributed by atoms with van der Waals surface area (Å²) in [7, 11) is -1.52. The SMILES string of the molecule is CNCc1sc(S(=O)(=O)N2CCOC3CCCC32)cc1C. The van der Waals surface area contributed by atoms with E-state index in [1.54, 1.807) is 4.31 Å². The fraction of sp³-hybridized carbons (Fsp3) is 0.714. The number of nitrogens with one attached hydrogen (secondary N) is 1. The normalized spacial score (nSPS) is 27.0. The second-order valence-electron chi connectivity index (χ2n) is 5.73. The predicted molar refractivity (Wildman–Crippen MR) is 83.1 cm³/mol. The first-order valence-corrected chi connectivity index (χ1v) is 9.67. The monoisotopic (exact) mass is 330 g/mol. The van der Waals surface area contributed by atoms with E-state index in [4.69, 9.17) is 4.74 Å². The summed E-state index contributed by atoms with van der Waals surface area (Å²) in [6.07, 6.45) is 3.03. The van der Waals surface area contributed by atoms with Crippen LogP contribution in [0.5, 0.6) is 0 Å². The van der Waals surface area contributed by atoms with Gasteiger partial charge in [-0.05, 0) is 44.9 Å². The number of sulfonamides is 1. The van der Waals surface area contributed by atoms with Gasteiger partial charge in [-0.25, -0.2) is 8.42 Å². The largest absolute Gasteiger partial charge is 0.375 e. The predicted octanol–water partition coefficient (Wildman–Crippen LogP) is 1.72. The summed E-state index contributed by atoms with van der Waals surface area (Å²) in [5, 5.41) is 3.09. The van der Waals surface area contributed by atoms with Crippen LogP contribution >= 0.6 is 11.3 Å². The van der Waals surface area contributed by atoms with Crippen molar-refractivity contribution in [3.63, 3.8) is 0 Å². The van der Waals surface area contributed by atoms with Gasteiger partial charge in [0.2, 0.25) is 0 Å². The molecule has 1 saturated carbocycles. The fourth-order valence-corrected chi connectivity index (χ4v) is 6.65. The van der Waals surface area contributed by atoms with Crippen LogP contribution in [0.2, 0.25) is 0 Å². The lowest BCUT2D eigenvalue weighted by molar-refractivity contribution is -0.0241. The quantitative estimate of drug-likeness (QED) is 0.913. The smallest absolute Gasteiger partial charge is 0.252 e. The van der Waals surface area contributed by atoms with Gasteiger partial charge in [0.15, 0.2) is 0 Å². The van der Waals surface area contributed by atoms with Crippen molar-refractivity contribution < 1.29 is 13.2 Å². The second kappa shape index (κ2) is 5.96. The number of aryl methyl sites for hydroxylation is 1. The summed E-state index contributed by atoms with van der Waals surface area (Å²) in [6.45, 7) is 3.66. The molecule has 2 unspecified atom stereocenters. The molecule has 1 aromatic heterocycles. The number of morpholine rings is 1. The first-order valence-electron chi connectivity index (χ1n) is 7.41. The molecule has 1 aliphatic carbocycles. The van der Waals surface area contributed by atoms with Crippen molar-refractivity contribution in [2.75, 3.05) is 20.2 Å². The van der Waals surface area contributed by atoms with Crippen LogP contribution in [0.15, 0.2) is 10.3 Å². The third kappa shape index (κ3) is 2.77. The maximum atomic E-state index is 13.0. The van der Waals surface area contributed by atoms with Crippen LogP contribution in [0.4, 0.5) is 0 Å². The molecule has 7 heteroatoms. The van der Waals surface area contributed by atoms with Crippen LogP contribution in [0.1, 0.15) is 29.7 Å². The van der Waals surface area contributed by atoms with E-state index < -0.39 is 10.0 Å². The minimum absolute atomic E-state index is 0.0268. The molecule has 2 atom stereocenters. The highest BCUT2D eigenvalue weighted by Crippen LogP contribution is 2.36. The Balaban J connectivity index is 1.90. The zero-order valence-electron chi connectivity index (χ0n) is 12.5. The molecule has 2 fully saturated rings. The van der Waals surface area contributed by atoms with Gasteiger partial charge < -0.3 is 10.1 Å². The van der Waals surface area contributed by atoms with Crippen molar-refractivity contribution in [1.29, 1.82) is 0 Å². The first-order chi connectivity index (χ1) is 10.0. The first kappa shape index (κ1) is 15.4. The molecule has 0 bridgehead atoms. The summed E-state index contributed by atoms with van der Waals surface area (Å²) < 4.78 is 33.8. The fourth-order valence-electron chi connectivity index (χ4n) is 3.26. The Morgan fingerprint density at radius 3 is 3.05 bits per heavy atom. The molecule has 2 aliphatic rings. The molecule has 0 aromatic carbocycles. The Labute approximate surface area is 130 Å². The Hall–Kier alpha value is -0.470. The van der Waals surface area contributed by atoms with Gasteiger partial charge in [-0.15, -0.1) is 11.3 Å². The van der Waals surface area contributed by atoms with E-state index in [-0.39, 0.29) is 12.1 Å². The average Bonchev–Trinajstić information content (AvgIpc) is 3.06. The molecule has 1 saturated heterocycles. The summed E-state index contributed by atoms with van der Waals surface area (Å²) >= 11 is 1.39. The summed E-state index contributed by atoms with van der Waals surface area (Å²) in [6, 6.07) is 1.84. The van der Waals surface area contributed by atoms with E-state index in [1.807, 2.05) is 20.0 Å². The number of rotatable bonds is 4. The van der Waals surface area contributed by atoms with Gasteiger partial charge in [0.25, 0.3) is 10.0 Å². The lowest BCUT2D eigenvalue weighted by Gasteiger charge is -2.36. The van der Waals surface area contributed by atoms with Crippen LogP contribution in [0.3, 0.4) is 0 Å². The summed E-state index contributed by atoms with van der Waals surface area (Å²) in [5.74, 6) is 0. The molecule has 5 nitrogen and oxygen atoms in total. The van der Waals surface area contributed by atoms with Crippen molar-refractivity contribution in [1.82, 2.24) is 9.62 Å². The van der Waals surface area contributed by atoms with Crippen LogP contribution < -0.4 is 5.32 Å². The van der Waals surface area contributed by atoms with Crippen molar-refractivity contribution in [2.24, 2.45) is 0 Å². The standard InChI is InChI=1S/C14H22N2O3S2/c1-10-8-14(20-13(10)9-15-2)21(17,18)16-6-7-19-12-5-3-4-11(12)16/h8,11-12,15H,3-7,9H2,1-2H3. The molecule has 0 radical (unpaired) electrons. The Kier molecular flexibility index (Phi) is 4.38. The highest BCUT2D eigenvalue weighted by atomic mass is 32.2. The van der Waals surface area contributed by atoms with Crippen molar-refractivity contribution in [3.8, 4) is 0 Å². The van der Waals surface area contributed by atoms with E-state index >= 15 is 0 Å². The van der Waals surface area contributed by atoms with E-state index in [0.29, 0.717) is 23.9 Å². The third-order valence-electron chi connectivity index (χ3n) is 4.33. The topological polar surface area (TPSA) is 58.6 Å². The molecule has 21 heavy (non-hydrogen) atoms. The van der Waals surface area contributed by atoms with Gasteiger partial charge in [-0.2, -0.15) is 4.31 Å². The summed E-state index contributed by atoms with van der Waals surface area (Å²) in [5.41, 5.74) is 1.05. The molecular weight excluding hydrogens is 308 g/mol. The number of thiophene rings is 1. The highest BCUT2D eigenvalue weighted by Gasteiger charge is 2.42. The van der Waals surface area contributed by atoms with Gasteiger partial charge >= 0.3 is 0 Å². The zero-order valence-corrected chi connectivity index (χ0v) is 14.1. The Morgan fingerprint density at radius 2 is 2.29 bits per heavy atom. The van der Waals surface area contributed by atoms with Gasteiger partial charge in [0, 0.05) is 18.0 Å². The maximum Gasteiger partial charge on any atom is 0.252 e. The molecule has 2 heterocycles. The van der Waals surface area contributed by atoms with Crippen LogP contribution in [-0.4, -0.2) is 45.1 Å². The number of ether oxygens (including phenoxy) is 1. The molecule has 1 aromatic rings. The van der Waals surface area contributed by atoms with Gasteiger partial charge in [-0.1, -0.05) is 0 Å². The van der Waals surface area contributed by atoms with E-state index in [1.165, 1.54) is 11.3 Å². The highest BCUT2D eigenvalue weighted by molar-refractivity contribution is 7.91.